The first-order valence-corrected chi connectivity index (χ1v) is 20.0. The van der Waals surface area contributed by atoms with E-state index in [0.717, 1.165) is 25.7 Å². The number of hydrogen-bond donors (Lipinski definition) is 0. The van der Waals surface area contributed by atoms with Gasteiger partial charge in [-0.2, -0.15) is 16.8 Å². The van der Waals surface area contributed by atoms with Gasteiger partial charge in [-0.15, -0.1) is 0 Å². The molecular formula is C36H60Na2O6S2. The van der Waals surface area contributed by atoms with Crippen molar-refractivity contribution in [2.45, 2.75) is 152 Å². The van der Waals surface area contributed by atoms with Gasteiger partial charge in [0.2, 0.25) is 0 Å². The molecule has 0 saturated carbocycles. The predicted molar refractivity (Wildman–Crippen MR) is 194 cm³/mol. The largest absolute Gasteiger partial charge is 0.296 e. The zero-order valence-corrected chi connectivity index (χ0v) is 35.2. The van der Waals surface area contributed by atoms with Crippen molar-refractivity contribution in [2.75, 3.05) is 13.2 Å². The molecule has 0 atom stereocenters. The van der Waals surface area contributed by atoms with Crippen molar-refractivity contribution in [3.63, 3.8) is 0 Å². The van der Waals surface area contributed by atoms with Crippen LogP contribution in [-0.4, -0.2) is 89.2 Å². The molecule has 0 aliphatic rings. The topological polar surface area (TPSA) is 86.7 Å². The molecule has 0 fully saturated rings. The van der Waals surface area contributed by atoms with Gasteiger partial charge >= 0.3 is 0 Å². The van der Waals surface area contributed by atoms with Crippen molar-refractivity contribution in [3.8, 4) is 0 Å². The van der Waals surface area contributed by atoms with E-state index in [4.69, 9.17) is 8.37 Å². The van der Waals surface area contributed by atoms with Crippen LogP contribution in [0.2, 0.25) is 0 Å². The molecule has 254 valence electrons. The van der Waals surface area contributed by atoms with Crippen LogP contribution in [0.5, 0.6) is 0 Å². The van der Waals surface area contributed by atoms with Gasteiger partial charge < -0.3 is 0 Å². The van der Waals surface area contributed by atoms with Crippen LogP contribution in [0, 0.1) is 0 Å². The summed E-state index contributed by atoms with van der Waals surface area (Å²) < 4.78 is 57.6. The Balaban J connectivity index is 0. The maximum absolute atomic E-state index is 11.9. The van der Waals surface area contributed by atoms with Gasteiger partial charge in [0.15, 0.2) is 0 Å². The van der Waals surface area contributed by atoms with Crippen LogP contribution in [-0.2, 0) is 28.6 Å². The summed E-state index contributed by atoms with van der Waals surface area (Å²) in [6, 6.07) is 16.7. The second kappa shape index (κ2) is 32.5. The molecule has 6 nitrogen and oxygen atoms in total. The Hall–Kier alpha value is 0.260. The maximum Gasteiger partial charge on any atom is 0.296 e. The Morgan fingerprint density at radius 1 is 0.391 bits per heavy atom. The van der Waals surface area contributed by atoms with E-state index in [1.165, 1.54) is 103 Å². The first kappa shape index (κ1) is 48.4. The molecule has 2 aromatic carbocycles. The van der Waals surface area contributed by atoms with Gasteiger partial charge in [-0.05, 0) is 37.1 Å². The second-order valence-electron chi connectivity index (χ2n) is 11.5. The number of hydrogen-bond acceptors (Lipinski definition) is 6. The molecule has 10 heteroatoms. The molecule has 0 heterocycles. The molecule has 0 amide bonds. The van der Waals surface area contributed by atoms with E-state index in [0.29, 0.717) is 0 Å². The molecule has 46 heavy (non-hydrogen) atoms. The summed E-state index contributed by atoms with van der Waals surface area (Å²) in [7, 11) is -7.14. The summed E-state index contributed by atoms with van der Waals surface area (Å²) in [6.45, 7) is 5.04. The van der Waals surface area contributed by atoms with E-state index in [1.54, 1.807) is 60.7 Å². The standard InChI is InChI=1S/2C18H30O3S.2Na/c2*1-2-3-4-5-6-7-8-9-10-14-17-21-22(19,20)18-15-12-11-13-16-18;;/h2*11-13,15-16H,2-10,14,17H2,1H3;;. The quantitative estimate of drug-likeness (QED) is 0.0552. The van der Waals surface area contributed by atoms with Crippen molar-refractivity contribution >= 4 is 79.4 Å². The van der Waals surface area contributed by atoms with Gasteiger partial charge in [0.05, 0.1) is 23.0 Å². The molecule has 2 rings (SSSR count). The summed E-state index contributed by atoms with van der Waals surface area (Å²) in [5.41, 5.74) is 0. The minimum Gasteiger partial charge on any atom is -0.266 e. The molecule has 0 unspecified atom stereocenters. The van der Waals surface area contributed by atoms with Gasteiger partial charge in [0.1, 0.15) is 0 Å². The summed E-state index contributed by atoms with van der Waals surface area (Å²) in [6.07, 6.45) is 24.5. The van der Waals surface area contributed by atoms with Crippen molar-refractivity contribution < 1.29 is 25.2 Å². The van der Waals surface area contributed by atoms with Gasteiger partial charge in [0.25, 0.3) is 20.2 Å². The molecule has 0 aliphatic carbocycles. The van der Waals surface area contributed by atoms with Crippen molar-refractivity contribution in [3.05, 3.63) is 60.7 Å². The Kier molecular flexibility index (Phi) is 34.1. The Morgan fingerprint density at radius 3 is 0.891 bits per heavy atom. The SMILES string of the molecule is CCCCCCCCCCCCOS(=O)(=O)c1ccccc1.CCCCCCCCCCCCOS(=O)(=O)c1ccccc1.[Na].[Na]. The average Bonchev–Trinajstić information content (AvgIpc) is 3.03. The van der Waals surface area contributed by atoms with E-state index in [9.17, 15) is 16.8 Å². The van der Waals surface area contributed by atoms with Crippen LogP contribution in [0.15, 0.2) is 70.5 Å². The fourth-order valence-electron chi connectivity index (χ4n) is 4.83. The van der Waals surface area contributed by atoms with E-state index in [2.05, 4.69) is 13.8 Å². The van der Waals surface area contributed by atoms with E-state index in [1.807, 2.05) is 0 Å². The van der Waals surface area contributed by atoms with Crippen LogP contribution in [0.3, 0.4) is 0 Å². The summed E-state index contributed by atoms with van der Waals surface area (Å²) in [4.78, 5) is 0.476. The van der Waals surface area contributed by atoms with Crippen LogP contribution >= 0.6 is 0 Å². The third-order valence-electron chi connectivity index (χ3n) is 7.54. The number of benzene rings is 2. The number of unbranched alkanes of at least 4 members (excludes halogenated alkanes) is 18. The van der Waals surface area contributed by atoms with Crippen LogP contribution in [0.1, 0.15) is 142 Å². The first-order chi connectivity index (χ1) is 21.3. The predicted octanol–water partition coefficient (Wildman–Crippen LogP) is 9.86. The normalized spacial score (nSPS) is 11.2. The van der Waals surface area contributed by atoms with Crippen LogP contribution < -0.4 is 0 Å². The fraction of sp³-hybridized carbons (Fsp3) is 0.667. The zero-order chi connectivity index (χ0) is 32.2. The van der Waals surface area contributed by atoms with E-state index >= 15 is 0 Å². The summed E-state index contributed by atoms with van der Waals surface area (Å²) in [5, 5.41) is 0. The minimum atomic E-state index is -3.57. The van der Waals surface area contributed by atoms with Gasteiger partial charge in [-0.1, -0.05) is 166 Å². The van der Waals surface area contributed by atoms with Crippen molar-refractivity contribution in [1.29, 1.82) is 0 Å². The molecule has 0 saturated heterocycles. The molecule has 2 aromatic rings. The summed E-state index contributed by atoms with van der Waals surface area (Å²) >= 11 is 0. The van der Waals surface area contributed by atoms with Crippen molar-refractivity contribution in [1.82, 2.24) is 0 Å². The van der Waals surface area contributed by atoms with Gasteiger partial charge in [-0.25, -0.2) is 0 Å². The van der Waals surface area contributed by atoms with Crippen LogP contribution in [0.25, 0.3) is 0 Å². The number of rotatable bonds is 26. The Morgan fingerprint density at radius 2 is 0.630 bits per heavy atom. The average molecular weight is 699 g/mol. The second-order valence-corrected chi connectivity index (χ2v) is 14.8. The first-order valence-electron chi connectivity index (χ1n) is 17.2. The summed E-state index contributed by atoms with van der Waals surface area (Å²) in [5.74, 6) is 0. The maximum atomic E-state index is 11.9. The molecule has 0 aromatic heterocycles. The molecular weight excluding hydrogens is 639 g/mol. The monoisotopic (exact) mass is 698 g/mol. The van der Waals surface area contributed by atoms with Crippen LogP contribution in [0.4, 0.5) is 0 Å². The molecule has 2 radical (unpaired) electrons. The Labute approximate surface area is 327 Å². The van der Waals surface area contributed by atoms with Crippen molar-refractivity contribution in [2.24, 2.45) is 0 Å². The zero-order valence-electron chi connectivity index (χ0n) is 29.6. The molecule has 0 N–H and O–H groups in total. The van der Waals surface area contributed by atoms with E-state index < -0.39 is 20.2 Å². The molecule has 0 spiro atoms. The van der Waals surface area contributed by atoms with E-state index in [-0.39, 0.29) is 82.1 Å². The molecule has 0 bridgehead atoms. The fourth-order valence-corrected chi connectivity index (χ4v) is 6.75. The van der Waals surface area contributed by atoms with Gasteiger partial charge in [-0.3, -0.25) is 8.37 Å². The Bertz CT molecular complexity index is 1040. The molecule has 0 aliphatic heterocycles. The smallest absolute Gasteiger partial charge is 0.266 e. The third kappa shape index (κ3) is 26.2. The minimum absolute atomic E-state index is 0. The third-order valence-corrected chi connectivity index (χ3v) is 10.2. The van der Waals surface area contributed by atoms with Gasteiger partial charge in [0, 0.05) is 59.1 Å².